The molecule has 216 valence electrons. The fourth-order valence-electron chi connectivity index (χ4n) is 2.88. The summed E-state index contributed by atoms with van der Waals surface area (Å²) in [5, 5.41) is 24.3. The molecule has 10 nitrogen and oxygen atoms in total. The number of ketones is 2. The Morgan fingerprint density at radius 3 is 1.77 bits per heavy atom. The summed E-state index contributed by atoms with van der Waals surface area (Å²) in [6, 6.07) is 13.0. The van der Waals surface area contributed by atoms with Crippen molar-refractivity contribution < 1.29 is 41.4 Å². The number of rotatable bonds is 8. The first-order valence-corrected chi connectivity index (χ1v) is 12.4. The van der Waals surface area contributed by atoms with Crippen molar-refractivity contribution in [2.24, 2.45) is 0 Å². The Bertz CT molecular complexity index is 1330. The van der Waals surface area contributed by atoms with E-state index in [1.807, 2.05) is 36.4 Å². The van der Waals surface area contributed by atoms with Crippen LogP contribution < -0.4 is 5.32 Å². The fourth-order valence-corrected chi connectivity index (χ4v) is 2.88. The monoisotopic (exact) mass is 596 g/mol. The van der Waals surface area contributed by atoms with E-state index in [1.54, 1.807) is 19.9 Å². The molecule has 1 aromatic heterocycles. The molecule has 0 saturated heterocycles. The zero-order valence-corrected chi connectivity index (χ0v) is 24.8. The molecule has 0 radical (unpaired) electrons. The van der Waals surface area contributed by atoms with Gasteiger partial charge < -0.3 is 26.6 Å². The number of carbonyl (C=O) groups excluding carboxylic acids is 3. The molecule has 2 aromatic carbocycles. The molecule has 0 bridgehead atoms. The maximum absolute atomic E-state index is 12.4. The predicted octanol–water partition coefficient (Wildman–Crippen LogP) is 5.74. The largest absolute Gasteiger partial charge is 3.00 e. The minimum atomic E-state index is -0.179. The van der Waals surface area contributed by atoms with Crippen molar-refractivity contribution in [3.05, 3.63) is 81.7 Å². The molecule has 6 N–H and O–H groups in total. The number of allylic oxidation sites excluding steroid dienone is 4. The number of hydrogen-bond acceptors (Lipinski definition) is 5. The zero-order valence-electron chi connectivity index (χ0n) is 23.7. The van der Waals surface area contributed by atoms with Crippen molar-refractivity contribution in [3.8, 4) is 0 Å². The van der Waals surface area contributed by atoms with Crippen molar-refractivity contribution >= 4 is 39.5 Å². The second kappa shape index (κ2) is 18.6. The molecule has 0 aliphatic carbocycles. The molecule has 0 fully saturated rings. The molecule has 1 amide bonds. The van der Waals surface area contributed by atoms with Crippen LogP contribution in [0, 0.1) is 0 Å². The molecule has 3 rings (SSSR count). The number of aliphatic hydroxyl groups excluding tert-OH is 2. The van der Waals surface area contributed by atoms with Gasteiger partial charge in [0.15, 0.2) is 0 Å². The quantitative estimate of drug-likeness (QED) is 0.0985. The van der Waals surface area contributed by atoms with Gasteiger partial charge in [-0.05, 0) is 58.5 Å². The van der Waals surface area contributed by atoms with Gasteiger partial charge in [0.05, 0.1) is 47.1 Å². The third-order valence-corrected chi connectivity index (χ3v) is 5.61. The van der Waals surface area contributed by atoms with Crippen LogP contribution in [0.2, 0.25) is 0 Å². The number of fused-ring (bicyclic) bond motifs is 2. The van der Waals surface area contributed by atoms with Crippen LogP contribution in [0.25, 0.3) is 33.1 Å². The fraction of sp³-hybridized carbons (Fsp3) is 0.345. The second-order valence-corrected chi connectivity index (χ2v) is 8.65. The van der Waals surface area contributed by atoms with E-state index in [4.69, 9.17) is 25.5 Å². The van der Waals surface area contributed by atoms with Gasteiger partial charge in [-0.25, -0.2) is 9.97 Å². The number of aromatic nitrogens is 2. The van der Waals surface area contributed by atoms with E-state index in [-0.39, 0.29) is 52.3 Å². The number of nitrogens with one attached hydrogen (secondary N) is 2. The maximum Gasteiger partial charge on any atom is 3.00 e. The summed E-state index contributed by atoms with van der Waals surface area (Å²) >= 11 is 0. The molecule has 3 aromatic rings. The average Bonchev–Trinajstić information content (AvgIpc) is 2.90. The number of nitrogens with zero attached hydrogens (tertiary/aromatic N) is 3. The first kappa shape index (κ1) is 36.4. The smallest absolute Gasteiger partial charge is 0.679 e. The normalized spacial score (nSPS) is 11.5. The average molecular weight is 597 g/mol. The van der Waals surface area contributed by atoms with Crippen LogP contribution in [0.4, 0.5) is 0 Å². The van der Waals surface area contributed by atoms with Crippen molar-refractivity contribution in [2.45, 2.75) is 41.5 Å². The topological polar surface area (TPSA) is 176 Å². The molecular weight excluding hydrogens is 557 g/mol. The Balaban J connectivity index is 0.000000744. The predicted molar refractivity (Wildman–Crippen MR) is 159 cm³/mol. The Hall–Kier alpha value is -3.64. The van der Waals surface area contributed by atoms with E-state index in [2.05, 4.69) is 20.6 Å². The van der Waals surface area contributed by atoms with Gasteiger partial charge in [-0.2, -0.15) is 13.1 Å². The Morgan fingerprint density at radius 2 is 1.32 bits per heavy atom. The Morgan fingerprint density at radius 1 is 0.825 bits per heavy atom. The van der Waals surface area contributed by atoms with E-state index < -0.39 is 0 Å². The number of amides is 1. The summed E-state index contributed by atoms with van der Waals surface area (Å²) in [5.41, 5.74) is 11.5. The second-order valence-electron chi connectivity index (χ2n) is 8.65. The Labute approximate surface area is 245 Å². The van der Waals surface area contributed by atoms with Gasteiger partial charge in [0.1, 0.15) is 17.0 Å². The van der Waals surface area contributed by atoms with Gasteiger partial charge in [0.2, 0.25) is 0 Å². The third kappa shape index (κ3) is 12.0. The van der Waals surface area contributed by atoms with E-state index in [1.165, 1.54) is 27.7 Å². The zero-order chi connectivity index (χ0) is 29.5. The van der Waals surface area contributed by atoms with Gasteiger partial charge in [-0.1, -0.05) is 18.2 Å². The van der Waals surface area contributed by atoms with Crippen LogP contribution in [0.15, 0.2) is 65.1 Å². The van der Waals surface area contributed by atoms with Crippen molar-refractivity contribution in [3.63, 3.8) is 0 Å². The van der Waals surface area contributed by atoms with E-state index in [0.717, 1.165) is 11.0 Å². The van der Waals surface area contributed by atoms with Crippen LogP contribution >= 0.6 is 0 Å². The molecule has 0 saturated carbocycles. The molecule has 0 aliphatic heterocycles. The van der Waals surface area contributed by atoms with E-state index in [9.17, 15) is 4.79 Å². The third-order valence-electron chi connectivity index (χ3n) is 5.61. The molecule has 0 aliphatic rings. The molecule has 0 spiro atoms. The van der Waals surface area contributed by atoms with Gasteiger partial charge in [0.25, 0.3) is 5.91 Å². The standard InChI is InChI=1S/C17H17N5O.2C6H10O2.Co/c18-8-9-19-10-11-20-17(23)12-4-3-7-15-16(12)22-14-6-2-1-5-13(14)21-15;2*1-4(5(2)7)6(3)8;/h1-7,18H,8-11H2,(H,20,23);2*7H,1-3H3;/q-2;;;+3/p+2/b;2*5-4-;. The SMILES string of the molecule is CC(=[OH+])/C(C)=C(/C)O.CC(=[OH+])/C(C)=C(/C)O.[Co+3].[NH-]CC[N-]CCNC(=O)c1cccc2nc3ccccc3nc12. The minimum absolute atomic E-state index is 0. The van der Waals surface area contributed by atoms with Crippen LogP contribution in [-0.4, -0.2) is 73.4 Å². The minimum Gasteiger partial charge on any atom is -0.679 e. The molecular formula is C29H39CoN5O5+3. The van der Waals surface area contributed by atoms with Crippen LogP contribution in [0.3, 0.4) is 0 Å². The van der Waals surface area contributed by atoms with Gasteiger partial charge in [0, 0.05) is 0 Å². The summed E-state index contributed by atoms with van der Waals surface area (Å²) in [6.45, 7) is 11.2. The van der Waals surface area contributed by atoms with Crippen LogP contribution in [0.5, 0.6) is 0 Å². The summed E-state index contributed by atoms with van der Waals surface area (Å²) in [4.78, 5) is 38.9. The van der Waals surface area contributed by atoms with Gasteiger partial charge >= 0.3 is 28.3 Å². The number of para-hydroxylation sites is 3. The molecule has 0 atom stereocenters. The molecule has 1 heterocycles. The molecule has 0 unspecified atom stereocenters. The summed E-state index contributed by atoms with van der Waals surface area (Å²) in [5.74, 6) is 0.506. The van der Waals surface area contributed by atoms with Crippen LogP contribution in [-0.2, 0) is 16.8 Å². The van der Waals surface area contributed by atoms with Gasteiger partial charge in [-0.3, -0.25) is 14.4 Å². The molecule has 11 heteroatoms. The molecule has 40 heavy (non-hydrogen) atoms. The summed E-state index contributed by atoms with van der Waals surface area (Å²) in [6.07, 6.45) is 0. The first-order chi connectivity index (χ1) is 18.4. The van der Waals surface area contributed by atoms with Crippen molar-refractivity contribution in [2.75, 3.05) is 26.2 Å². The number of hydrogen-bond donors (Lipinski definition) is 3. The number of carbonyl (C=O) groups is 1. The number of benzene rings is 2. The van der Waals surface area contributed by atoms with Crippen molar-refractivity contribution in [1.82, 2.24) is 15.3 Å². The van der Waals surface area contributed by atoms with E-state index in [0.29, 0.717) is 47.4 Å². The maximum atomic E-state index is 12.4. The summed E-state index contributed by atoms with van der Waals surface area (Å²) in [7, 11) is 0. The number of aliphatic hydroxyl groups is 2. The Kier molecular flexibility index (Phi) is 16.9. The summed E-state index contributed by atoms with van der Waals surface area (Å²) < 4.78 is 0. The first-order valence-electron chi connectivity index (χ1n) is 12.4. The van der Waals surface area contributed by atoms with E-state index >= 15 is 0 Å². The van der Waals surface area contributed by atoms with Crippen molar-refractivity contribution in [1.29, 1.82) is 0 Å². The van der Waals surface area contributed by atoms with Gasteiger partial charge in [-0.15, -0.1) is 6.54 Å². The van der Waals surface area contributed by atoms with Crippen LogP contribution in [0.1, 0.15) is 51.9 Å².